The summed E-state index contributed by atoms with van der Waals surface area (Å²) >= 11 is 6.15. The monoisotopic (exact) mass is 615 g/mol. The molecule has 1 atom stereocenters. The van der Waals surface area contributed by atoms with Crippen molar-refractivity contribution in [3.8, 4) is 0 Å². The minimum Gasteiger partial charge on any atom is -0.354 e. The van der Waals surface area contributed by atoms with E-state index in [1.807, 2.05) is 44.2 Å². The Morgan fingerprint density at radius 3 is 2.31 bits per heavy atom. The van der Waals surface area contributed by atoms with Crippen molar-refractivity contribution < 1.29 is 22.4 Å². The van der Waals surface area contributed by atoms with Crippen LogP contribution in [0.25, 0.3) is 0 Å². The van der Waals surface area contributed by atoms with E-state index < -0.39 is 21.9 Å². The molecule has 0 aliphatic carbocycles. The third kappa shape index (κ3) is 9.56. The van der Waals surface area contributed by atoms with Crippen molar-refractivity contribution in [1.29, 1.82) is 0 Å². The summed E-state index contributed by atoms with van der Waals surface area (Å²) in [6, 6.07) is 19.6. The van der Waals surface area contributed by atoms with Crippen LogP contribution in [0.15, 0.2) is 72.8 Å². The minimum atomic E-state index is -3.68. The molecule has 3 aromatic carbocycles. The molecule has 0 bridgehead atoms. The van der Waals surface area contributed by atoms with Crippen LogP contribution < -0.4 is 9.62 Å². The van der Waals surface area contributed by atoms with Crippen LogP contribution in [0.4, 0.5) is 10.1 Å². The summed E-state index contributed by atoms with van der Waals surface area (Å²) in [6.07, 6.45) is 1.47. The van der Waals surface area contributed by atoms with Gasteiger partial charge in [0, 0.05) is 43.1 Å². The van der Waals surface area contributed by atoms with Gasteiger partial charge in [-0.3, -0.25) is 13.9 Å². The van der Waals surface area contributed by atoms with Crippen molar-refractivity contribution in [2.45, 2.75) is 52.6 Å². The van der Waals surface area contributed by atoms with Gasteiger partial charge in [-0.1, -0.05) is 80.0 Å². The fourth-order valence-electron chi connectivity index (χ4n) is 4.62. The third-order valence-electron chi connectivity index (χ3n) is 6.85. The van der Waals surface area contributed by atoms with E-state index in [0.29, 0.717) is 17.3 Å². The first-order chi connectivity index (χ1) is 19.9. The predicted molar refractivity (Wildman–Crippen MR) is 166 cm³/mol. The Balaban J connectivity index is 1.91. The third-order valence-corrected chi connectivity index (χ3v) is 8.26. The molecule has 0 heterocycles. The van der Waals surface area contributed by atoms with Gasteiger partial charge >= 0.3 is 0 Å². The van der Waals surface area contributed by atoms with Crippen LogP contribution in [0.2, 0.25) is 5.02 Å². The van der Waals surface area contributed by atoms with Crippen molar-refractivity contribution in [3.63, 3.8) is 0 Å². The Hall–Kier alpha value is -3.43. The lowest BCUT2D eigenvalue weighted by Crippen LogP contribution is -2.51. The first kappa shape index (κ1) is 33.1. The number of halogens is 2. The molecule has 3 rings (SSSR count). The number of nitrogens with zero attached hydrogens (tertiary/aromatic N) is 2. The maximum absolute atomic E-state index is 14.8. The van der Waals surface area contributed by atoms with E-state index >= 15 is 0 Å². The van der Waals surface area contributed by atoms with Gasteiger partial charge < -0.3 is 10.2 Å². The molecule has 1 N–H and O–H groups in total. The fraction of sp³-hybridized carbons (Fsp3) is 0.375. The van der Waals surface area contributed by atoms with Crippen molar-refractivity contribution >= 4 is 39.1 Å². The van der Waals surface area contributed by atoms with Crippen LogP contribution in [0.3, 0.4) is 0 Å². The SMILES string of the molecule is Cc1ccc(Cl)cc1N(CCCC(=O)N(Cc1ccccc1F)[C@@H](Cc1ccccc1)C(=O)NCC(C)C)S(C)(=O)=O. The second kappa shape index (κ2) is 15.2. The quantitative estimate of drug-likeness (QED) is 0.250. The van der Waals surface area contributed by atoms with E-state index in [1.54, 1.807) is 43.3 Å². The van der Waals surface area contributed by atoms with Crippen molar-refractivity contribution in [2.75, 3.05) is 23.7 Å². The molecule has 0 spiro atoms. The van der Waals surface area contributed by atoms with E-state index in [4.69, 9.17) is 11.6 Å². The topological polar surface area (TPSA) is 86.8 Å². The summed E-state index contributed by atoms with van der Waals surface area (Å²) in [6.45, 7) is 6.08. The summed E-state index contributed by atoms with van der Waals surface area (Å²) in [5.41, 5.74) is 2.30. The average molecular weight is 616 g/mol. The molecule has 42 heavy (non-hydrogen) atoms. The first-order valence-corrected chi connectivity index (χ1v) is 16.2. The van der Waals surface area contributed by atoms with Gasteiger partial charge in [-0.05, 0) is 48.6 Å². The lowest BCUT2D eigenvalue weighted by atomic mass is 10.0. The zero-order chi connectivity index (χ0) is 30.9. The maximum Gasteiger partial charge on any atom is 0.243 e. The normalized spacial score (nSPS) is 12.2. The van der Waals surface area contributed by atoms with Gasteiger partial charge in [0.1, 0.15) is 11.9 Å². The van der Waals surface area contributed by atoms with Crippen molar-refractivity contribution in [3.05, 3.63) is 100 Å². The molecule has 0 saturated heterocycles. The van der Waals surface area contributed by atoms with Crippen LogP contribution >= 0.6 is 11.6 Å². The molecule has 0 radical (unpaired) electrons. The maximum atomic E-state index is 14.8. The van der Waals surface area contributed by atoms with Gasteiger partial charge in [-0.2, -0.15) is 0 Å². The van der Waals surface area contributed by atoms with E-state index in [9.17, 15) is 22.4 Å². The van der Waals surface area contributed by atoms with Gasteiger partial charge in [-0.25, -0.2) is 12.8 Å². The summed E-state index contributed by atoms with van der Waals surface area (Å²) < 4.78 is 41.4. The van der Waals surface area contributed by atoms with Crippen LogP contribution in [-0.2, 0) is 32.6 Å². The Morgan fingerprint density at radius 1 is 1.00 bits per heavy atom. The van der Waals surface area contributed by atoms with Gasteiger partial charge in [0.05, 0.1) is 11.9 Å². The highest BCUT2D eigenvalue weighted by atomic mass is 35.5. The molecule has 0 aromatic heterocycles. The molecule has 0 unspecified atom stereocenters. The minimum absolute atomic E-state index is 0.0300. The lowest BCUT2D eigenvalue weighted by Gasteiger charge is -2.32. The second-order valence-corrected chi connectivity index (χ2v) is 13.2. The number of sulfonamides is 1. The number of rotatable bonds is 14. The largest absolute Gasteiger partial charge is 0.354 e. The molecule has 0 saturated carbocycles. The first-order valence-electron chi connectivity index (χ1n) is 13.9. The number of amides is 2. The average Bonchev–Trinajstić information content (AvgIpc) is 2.94. The summed E-state index contributed by atoms with van der Waals surface area (Å²) in [7, 11) is -3.68. The highest BCUT2D eigenvalue weighted by Gasteiger charge is 2.31. The predicted octanol–water partition coefficient (Wildman–Crippen LogP) is 5.75. The molecule has 226 valence electrons. The second-order valence-electron chi connectivity index (χ2n) is 10.8. The number of hydrogen-bond donors (Lipinski definition) is 1. The molecular weight excluding hydrogens is 577 g/mol. The highest BCUT2D eigenvalue weighted by molar-refractivity contribution is 7.92. The van der Waals surface area contributed by atoms with Crippen LogP contribution in [0, 0.1) is 18.7 Å². The summed E-state index contributed by atoms with van der Waals surface area (Å²) in [5, 5.41) is 3.33. The molecular formula is C32H39ClFN3O4S. The van der Waals surface area contributed by atoms with E-state index in [1.165, 1.54) is 15.3 Å². The van der Waals surface area contributed by atoms with Crippen LogP contribution in [0.1, 0.15) is 43.4 Å². The lowest BCUT2D eigenvalue weighted by molar-refractivity contribution is -0.141. The van der Waals surface area contributed by atoms with Gasteiger partial charge in [0.15, 0.2) is 0 Å². The van der Waals surface area contributed by atoms with E-state index in [-0.39, 0.29) is 55.6 Å². The molecule has 3 aromatic rings. The van der Waals surface area contributed by atoms with Crippen molar-refractivity contribution in [1.82, 2.24) is 10.2 Å². The number of aryl methyl sites for hydroxylation is 1. The van der Waals surface area contributed by atoms with Gasteiger partial charge in [0.2, 0.25) is 21.8 Å². The number of anilines is 1. The number of nitrogens with one attached hydrogen (secondary N) is 1. The van der Waals surface area contributed by atoms with Crippen LogP contribution in [0.5, 0.6) is 0 Å². The van der Waals surface area contributed by atoms with Gasteiger partial charge in [0.25, 0.3) is 0 Å². The molecule has 0 aliphatic rings. The molecule has 10 heteroatoms. The zero-order valence-electron chi connectivity index (χ0n) is 24.5. The molecule has 0 aliphatic heterocycles. The standard InChI is InChI=1S/C32H39ClFN3O4S/c1-23(2)21-35-32(39)30(19-25-11-6-5-7-12-25)36(22-26-13-8-9-14-28(26)34)31(38)15-10-18-37(42(4,40)41)29-20-27(33)17-16-24(29)3/h5-9,11-14,16-17,20,23,30H,10,15,18-19,21-22H2,1-4H3,(H,35,39)/t30-/m0/s1. The van der Waals surface area contributed by atoms with Crippen molar-refractivity contribution in [2.24, 2.45) is 5.92 Å². The smallest absolute Gasteiger partial charge is 0.243 e. The fourth-order valence-corrected chi connectivity index (χ4v) is 5.80. The summed E-state index contributed by atoms with van der Waals surface area (Å²) in [5.74, 6) is -0.991. The highest BCUT2D eigenvalue weighted by Crippen LogP contribution is 2.27. The number of carbonyl (C=O) groups is 2. The Kier molecular flexibility index (Phi) is 11.9. The zero-order valence-corrected chi connectivity index (χ0v) is 26.1. The molecule has 0 fully saturated rings. The van der Waals surface area contributed by atoms with Crippen LogP contribution in [-0.4, -0.2) is 50.5 Å². The summed E-state index contributed by atoms with van der Waals surface area (Å²) in [4.78, 5) is 28.8. The Morgan fingerprint density at radius 2 is 1.67 bits per heavy atom. The number of benzene rings is 3. The molecule has 2 amide bonds. The Bertz CT molecular complexity index is 1470. The number of hydrogen-bond acceptors (Lipinski definition) is 4. The van der Waals surface area contributed by atoms with Gasteiger partial charge in [-0.15, -0.1) is 0 Å². The van der Waals surface area contributed by atoms with E-state index in [0.717, 1.165) is 17.4 Å². The Labute approximate surface area is 253 Å². The van der Waals surface area contributed by atoms with E-state index in [2.05, 4.69) is 5.32 Å². The number of carbonyl (C=O) groups excluding carboxylic acids is 2. The molecule has 7 nitrogen and oxygen atoms in total.